The summed E-state index contributed by atoms with van der Waals surface area (Å²) in [5, 5.41) is 14.9. The van der Waals surface area contributed by atoms with Crippen molar-refractivity contribution >= 4 is 18.0 Å². The number of benzene rings is 1. The molecule has 0 heterocycles. The highest BCUT2D eigenvalue weighted by Crippen LogP contribution is 1.99. The molecule has 1 aromatic carbocycles. The third-order valence-electron chi connectivity index (χ3n) is 1.54. The van der Waals surface area contributed by atoms with Crippen LogP contribution in [-0.2, 0) is 0 Å². The van der Waals surface area contributed by atoms with Crippen LogP contribution in [0.2, 0.25) is 0 Å². The minimum atomic E-state index is -0.783. The van der Waals surface area contributed by atoms with Gasteiger partial charge in [0, 0.05) is 5.56 Å². The lowest BCUT2D eigenvalue weighted by Crippen LogP contribution is -2.26. The lowest BCUT2D eigenvalue weighted by Gasteiger charge is -1.99. The first-order valence-electron chi connectivity index (χ1n) is 4.10. The number of primary amides is 1. The molecule has 0 unspecified atom stereocenters. The van der Waals surface area contributed by atoms with Crippen LogP contribution in [0.3, 0.4) is 0 Å². The van der Waals surface area contributed by atoms with Crippen LogP contribution in [-0.4, -0.2) is 28.6 Å². The van der Waals surface area contributed by atoms with Crippen LogP contribution in [0.25, 0.3) is 0 Å². The third kappa shape index (κ3) is 4.20. The van der Waals surface area contributed by atoms with E-state index in [1.165, 1.54) is 0 Å². The number of oxime groups is 1. The molecule has 7 nitrogen and oxygen atoms in total. The molecule has 0 fully saturated rings. The second-order valence-corrected chi connectivity index (χ2v) is 2.58. The number of rotatable bonds is 3. The number of hydrazone groups is 1. The maximum Gasteiger partial charge on any atom is 0.332 e. The zero-order valence-corrected chi connectivity index (χ0v) is 8.29. The van der Waals surface area contributed by atoms with Gasteiger partial charge in [0.1, 0.15) is 5.71 Å². The predicted molar refractivity (Wildman–Crippen MR) is 59.6 cm³/mol. The molecule has 7 heteroatoms. The van der Waals surface area contributed by atoms with Gasteiger partial charge in [-0.05, 0) is 0 Å². The molecule has 0 aliphatic carbocycles. The number of nitrogens with zero attached hydrogens (tertiary/aromatic N) is 2. The summed E-state index contributed by atoms with van der Waals surface area (Å²) >= 11 is 0. The third-order valence-corrected chi connectivity index (χ3v) is 1.54. The maximum atomic E-state index is 10.4. The van der Waals surface area contributed by atoms with Crippen molar-refractivity contribution in [2.24, 2.45) is 16.0 Å². The van der Waals surface area contributed by atoms with E-state index in [1.54, 1.807) is 24.3 Å². The molecular formula is C9H12N4O3. The summed E-state index contributed by atoms with van der Waals surface area (Å²) in [7, 11) is 0. The first kappa shape index (κ1) is 13.6. The van der Waals surface area contributed by atoms with Crippen molar-refractivity contribution in [1.29, 1.82) is 0 Å². The highest BCUT2D eigenvalue weighted by atomic mass is 16.4. The lowest BCUT2D eigenvalue weighted by molar-refractivity contribution is 0.249. The molecule has 0 aliphatic heterocycles. The Morgan fingerprint density at radius 1 is 1.38 bits per heavy atom. The number of nitrogens with two attached hydrogens (primary N) is 1. The van der Waals surface area contributed by atoms with Crippen LogP contribution < -0.4 is 11.2 Å². The standard InChI is InChI=1S/C9H10N4O2.H2O/c10-9(14)13-12-8(6-11-15)7-4-2-1-3-5-7;/h1-6,15H,(H3,10,13,14);1H2/b11-6+,12-8-;. The monoisotopic (exact) mass is 224 g/mol. The quantitative estimate of drug-likeness (QED) is 0.369. The number of carbonyl (C=O) groups excluding carboxylic acids is 1. The molecule has 16 heavy (non-hydrogen) atoms. The topological polar surface area (TPSA) is 132 Å². The zero-order chi connectivity index (χ0) is 11.1. The van der Waals surface area contributed by atoms with Gasteiger partial charge in [0.25, 0.3) is 0 Å². The van der Waals surface area contributed by atoms with Gasteiger partial charge in [0.15, 0.2) is 0 Å². The van der Waals surface area contributed by atoms with Crippen molar-refractivity contribution < 1.29 is 15.5 Å². The molecule has 6 N–H and O–H groups in total. The minimum Gasteiger partial charge on any atom is -0.412 e. The van der Waals surface area contributed by atoms with Gasteiger partial charge in [0.2, 0.25) is 0 Å². The number of hydrogen-bond acceptors (Lipinski definition) is 4. The average Bonchev–Trinajstić information content (AvgIpc) is 2.25. The Balaban J connectivity index is 0.00000225. The van der Waals surface area contributed by atoms with Crippen LogP contribution in [0.5, 0.6) is 0 Å². The van der Waals surface area contributed by atoms with E-state index in [0.29, 0.717) is 11.3 Å². The average molecular weight is 224 g/mol. The van der Waals surface area contributed by atoms with Gasteiger partial charge in [-0.1, -0.05) is 35.5 Å². The summed E-state index contributed by atoms with van der Waals surface area (Å²) in [5.74, 6) is 0. The van der Waals surface area contributed by atoms with Crippen molar-refractivity contribution in [2.75, 3.05) is 0 Å². The van der Waals surface area contributed by atoms with Gasteiger partial charge in [-0.3, -0.25) is 0 Å². The molecule has 1 aromatic rings. The highest BCUT2D eigenvalue weighted by molar-refractivity contribution is 6.38. The fourth-order valence-electron chi connectivity index (χ4n) is 0.947. The van der Waals surface area contributed by atoms with E-state index >= 15 is 0 Å². The molecule has 2 amide bonds. The van der Waals surface area contributed by atoms with Gasteiger partial charge < -0.3 is 16.4 Å². The Hall–Kier alpha value is -2.41. The fraction of sp³-hybridized carbons (Fsp3) is 0. The van der Waals surface area contributed by atoms with Gasteiger partial charge in [-0.25, -0.2) is 10.2 Å². The Morgan fingerprint density at radius 2 is 2.00 bits per heavy atom. The SMILES string of the molecule is NC(=O)N/N=C(/C=N/O)c1ccccc1.O. The first-order valence-corrected chi connectivity index (χ1v) is 4.10. The van der Waals surface area contributed by atoms with Gasteiger partial charge >= 0.3 is 6.03 Å². The Morgan fingerprint density at radius 3 is 2.50 bits per heavy atom. The normalized spacial score (nSPS) is 10.9. The number of carbonyl (C=O) groups is 1. The Bertz CT molecular complexity index is 389. The van der Waals surface area contributed by atoms with E-state index in [4.69, 9.17) is 10.9 Å². The van der Waals surface area contributed by atoms with Crippen LogP contribution in [0.15, 0.2) is 40.6 Å². The number of hydrogen-bond donors (Lipinski definition) is 3. The number of amides is 2. The molecular weight excluding hydrogens is 212 g/mol. The molecule has 1 rings (SSSR count). The van der Waals surface area contributed by atoms with Crippen LogP contribution in [0.4, 0.5) is 4.79 Å². The maximum absolute atomic E-state index is 10.4. The van der Waals surface area contributed by atoms with E-state index in [9.17, 15) is 4.79 Å². The molecule has 0 bridgehead atoms. The molecule has 0 atom stereocenters. The summed E-state index contributed by atoms with van der Waals surface area (Å²) in [6, 6.07) is 8.14. The van der Waals surface area contributed by atoms with Crippen molar-refractivity contribution in [3.8, 4) is 0 Å². The predicted octanol–water partition coefficient (Wildman–Crippen LogP) is -0.306. The molecule has 86 valence electrons. The molecule has 0 radical (unpaired) electrons. The van der Waals surface area contributed by atoms with Crippen LogP contribution in [0, 0.1) is 0 Å². The van der Waals surface area contributed by atoms with E-state index in [2.05, 4.69) is 15.7 Å². The largest absolute Gasteiger partial charge is 0.412 e. The highest BCUT2D eigenvalue weighted by Gasteiger charge is 2.00. The van der Waals surface area contributed by atoms with E-state index in [-0.39, 0.29) is 5.48 Å². The first-order chi connectivity index (χ1) is 7.24. The van der Waals surface area contributed by atoms with Crippen LogP contribution >= 0.6 is 0 Å². The summed E-state index contributed by atoms with van der Waals surface area (Å²) < 4.78 is 0. The summed E-state index contributed by atoms with van der Waals surface area (Å²) in [5.41, 5.74) is 7.91. The summed E-state index contributed by atoms with van der Waals surface area (Å²) in [4.78, 5) is 10.4. The second-order valence-electron chi connectivity index (χ2n) is 2.58. The van der Waals surface area contributed by atoms with Gasteiger partial charge in [0.05, 0.1) is 6.21 Å². The summed E-state index contributed by atoms with van der Waals surface area (Å²) in [6.07, 6.45) is 1.10. The van der Waals surface area contributed by atoms with E-state index < -0.39 is 6.03 Å². The van der Waals surface area contributed by atoms with Crippen molar-refractivity contribution in [3.63, 3.8) is 0 Å². The zero-order valence-electron chi connectivity index (χ0n) is 8.29. The van der Waals surface area contributed by atoms with E-state index in [1.807, 2.05) is 6.07 Å². The second kappa shape index (κ2) is 6.96. The smallest absolute Gasteiger partial charge is 0.332 e. The molecule has 0 saturated carbocycles. The number of nitrogens with one attached hydrogen (secondary N) is 1. The minimum absolute atomic E-state index is 0. The number of urea groups is 1. The Kier molecular flexibility index (Phi) is 5.91. The Labute approximate surface area is 91.6 Å². The fourth-order valence-corrected chi connectivity index (χ4v) is 0.947. The van der Waals surface area contributed by atoms with Gasteiger partial charge in [-0.15, -0.1) is 0 Å². The van der Waals surface area contributed by atoms with Crippen molar-refractivity contribution in [2.45, 2.75) is 0 Å². The van der Waals surface area contributed by atoms with E-state index in [0.717, 1.165) is 6.21 Å². The van der Waals surface area contributed by atoms with Crippen molar-refractivity contribution in [1.82, 2.24) is 5.43 Å². The van der Waals surface area contributed by atoms with Crippen molar-refractivity contribution in [3.05, 3.63) is 35.9 Å². The summed E-state index contributed by atoms with van der Waals surface area (Å²) in [6.45, 7) is 0. The lowest BCUT2D eigenvalue weighted by atomic mass is 10.1. The molecule has 0 spiro atoms. The molecule has 0 saturated heterocycles. The van der Waals surface area contributed by atoms with Gasteiger partial charge in [-0.2, -0.15) is 5.10 Å². The van der Waals surface area contributed by atoms with Crippen LogP contribution in [0.1, 0.15) is 5.56 Å². The molecule has 0 aliphatic rings. The molecule has 0 aromatic heterocycles.